The molecule has 98 valence electrons. The van der Waals surface area contributed by atoms with Crippen LogP contribution in [0.4, 0.5) is 0 Å². The molecule has 18 heavy (non-hydrogen) atoms. The Morgan fingerprint density at radius 1 is 1.50 bits per heavy atom. The monoisotopic (exact) mass is 367 g/mol. The molecule has 0 aliphatic carbocycles. The number of thiophene rings is 1. The van der Waals surface area contributed by atoms with Crippen molar-refractivity contribution in [3.63, 3.8) is 0 Å². The fraction of sp³-hybridized carbons (Fsp3) is 0.200. The van der Waals surface area contributed by atoms with Crippen molar-refractivity contribution in [2.24, 2.45) is 5.73 Å². The number of carbonyl (C=O) groups excluding carboxylic acids is 1. The van der Waals surface area contributed by atoms with Gasteiger partial charge in [-0.25, -0.2) is 4.98 Å². The first kappa shape index (κ1) is 15.6. The topological polar surface area (TPSA) is 68.0 Å². The summed E-state index contributed by atoms with van der Waals surface area (Å²) in [6.07, 6.45) is 0. The Balaban J connectivity index is 0.00000162. The van der Waals surface area contributed by atoms with Crippen LogP contribution >= 0.6 is 51.0 Å². The molecule has 2 aromatic heterocycles. The predicted octanol–water partition coefficient (Wildman–Crippen LogP) is 2.74. The average Bonchev–Trinajstić information content (AvgIpc) is 2.93. The number of thiazole rings is 1. The molecule has 0 atom stereocenters. The van der Waals surface area contributed by atoms with Crippen molar-refractivity contribution in [3.8, 4) is 9.75 Å². The van der Waals surface area contributed by atoms with Crippen LogP contribution in [0, 0.1) is 0 Å². The molecular weight excluding hydrogens is 358 g/mol. The molecule has 2 rings (SSSR count). The Morgan fingerprint density at radius 3 is 2.89 bits per heavy atom. The van der Waals surface area contributed by atoms with E-state index in [1.165, 1.54) is 11.3 Å². The maximum atomic E-state index is 11.8. The molecule has 8 heteroatoms. The van der Waals surface area contributed by atoms with Crippen molar-refractivity contribution in [3.05, 3.63) is 27.1 Å². The maximum Gasteiger partial charge on any atom is 0.271 e. The highest BCUT2D eigenvalue weighted by Gasteiger charge is 2.16. The second-order valence-electron chi connectivity index (χ2n) is 3.18. The van der Waals surface area contributed by atoms with Gasteiger partial charge in [0, 0.05) is 18.0 Å². The van der Waals surface area contributed by atoms with Gasteiger partial charge in [0.2, 0.25) is 0 Å². The number of nitrogens with zero attached hydrogens (tertiary/aromatic N) is 1. The molecule has 0 radical (unpaired) electrons. The number of nitrogens with two attached hydrogens (primary N) is 1. The van der Waals surface area contributed by atoms with Gasteiger partial charge in [0.15, 0.2) is 0 Å². The second-order valence-corrected chi connectivity index (χ2v) is 6.50. The van der Waals surface area contributed by atoms with Gasteiger partial charge in [-0.3, -0.25) is 4.79 Å². The predicted molar refractivity (Wildman–Crippen MR) is 81.8 cm³/mol. The molecule has 0 saturated heterocycles. The van der Waals surface area contributed by atoms with Crippen LogP contribution in [0.15, 0.2) is 21.4 Å². The third kappa shape index (κ3) is 3.52. The molecule has 0 aliphatic heterocycles. The number of carbonyl (C=O) groups is 1. The minimum absolute atomic E-state index is 0. The molecule has 2 aromatic rings. The van der Waals surface area contributed by atoms with Gasteiger partial charge in [0.1, 0.15) is 5.69 Å². The van der Waals surface area contributed by atoms with E-state index in [4.69, 9.17) is 5.73 Å². The van der Waals surface area contributed by atoms with Crippen molar-refractivity contribution in [2.75, 3.05) is 13.1 Å². The highest BCUT2D eigenvalue weighted by atomic mass is 79.9. The normalized spacial score (nSPS) is 9.89. The largest absolute Gasteiger partial charge is 0.349 e. The summed E-state index contributed by atoms with van der Waals surface area (Å²) >= 11 is 6.45. The summed E-state index contributed by atoms with van der Waals surface area (Å²) < 4.78 is 1.04. The van der Waals surface area contributed by atoms with E-state index in [9.17, 15) is 4.79 Å². The van der Waals surface area contributed by atoms with E-state index in [0.717, 1.165) is 13.5 Å². The van der Waals surface area contributed by atoms with E-state index >= 15 is 0 Å². The van der Waals surface area contributed by atoms with Crippen LogP contribution in [0.5, 0.6) is 0 Å². The Labute approximate surface area is 127 Å². The van der Waals surface area contributed by atoms with Gasteiger partial charge in [-0.05, 0) is 28.1 Å². The van der Waals surface area contributed by atoms with E-state index in [1.54, 1.807) is 16.8 Å². The van der Waals surface area contributed by atoms with E-state index < -0.39 is 0 Å². The Morgan fingerprint density at radius 2 is 2.28 bits per heavy atom. The number of hydrogen-bond donors (Lipinski definition) is 2. The number of rotatable bonds is 4. The van der Waals surface area contributed by atoms with Crippen LogP contribution in [0.25, 0.3) is 9.75 Å². The third-order valence-corrected chi connectivity index (χ3v) is 4.64. The lowest BCUT2D eigenvalue weighted by Crippen LogP contribution is -2.29. The quantitative estimate of drug-likeness (QED) is 0.872. The highest BCUT2D eigenvalue weighted by Crippen LogP contribution is 2.35. The van der Waals surface area contributed by atoms with Gasteiger partial charge >= 0.3 is 0 Å². The van der Waals surface area contributed by atoms with Crippen LogP contribution in [0.1, 0.15) is 10.5 Å². The number of hydrogen-bond acceptors (Lipinski definition) is 5. The molecule has 3 N–H and O–H groups in total. The minimum atomic E-state index is -0.170. The van der Waals surface area contributed by atoms with Gasteiger partial charge in [0.25, 0.3) is 5.91 Å². The number of halogens is 2. The third-order valence-electron chi connectivity index (χ3n) is 2.01. The lowest BCUT2D eigenvalue weighted by Gasteiger charge is -2.02. The summed E-state index contributed by atoms with van der Waals surface area (Å²) in [5.74, 6) is -0.170. The zero-order valence-corrected chi connectivity index (χ0v) is 13.2. The lowest BCUT2D eigenvalue weighted by molar-refractivity contribution is 0.0951. The van der Waals surface area contributed by atoms with Crippen molar-refractivity contribution >= 4 is 56.9 Å². The minimum Gasteiger partial charge on any atom is -0.349 e. The summed E-state index contributed by atoms with van der Waals surface area (Å²) in [7, 11) is 0. The Bertz CT molecular complexity index is 529. The van der Waals surface area contributed by atoms with Gasteiger partial charge in [-0.15, -0.1) is 35.1 Å². The van der Waals surface area contributed by atoms with Crippen LogP contribution in [-0.2, 0) is 0 Å². The van der Waals surface area contributed by atoms with Gasteiger partial charge in [-0.2, -0.15) is 0 Å². The lowest BCUT2D eigenvalue weighted by atomic mass is 10.3. The van der Waals surface area contributed by atoms with Crippen molar-refractivity contribution in [2.45, 2.75) is 0 Å². The van der Waals surface area contributed by atoms with E-state index in [1.807, 2.05) is 12.1 Å². The Kier molecular flexibility index (Phi) is 6.24. The fourth-order valence-electron chi connectivity index (χ4n) is 1.29. The van der Waals surface area contributed by atoms with Gasteiger partial charge < -0.3 is 11.1 Å². The number of aromatic nitrogens is 1. The SMILES string of the molecule is Cl.NCCNC(=O)c1ncsc1-c1ccc(Br)s1. The zero-order chi connectivity index (χ0) is 12.3. The van der Waals surface area contributed by atoms with E-state index in [0.29, 0.717) is 18.8 Å². The van der Waals surface area contributed by atoms with Crippen LogP contribution in [0.3, 0.4) is 0 Å². The molecule has 2 heterocycles. The molecule has 0 fully saturated rings. The first-order valence-electron chi connectivity index (χ1n) is 4.90. The summed E-state index contributed by atoms with van der Waals surface area (Å²) in [6.45, 7) is 0.889. The van der Waals surface area contributed by atoms with Crippen molar-refractivity contribution in [1.29, 1.82) is 0 Å². The summed E-state index contributed by atoms with van der Waals surface area (Å²) in [6, 6.07) is 3.93. The molecule has 4 nitrogen and oxygen atoms in total. The van der Waals surface area contributed by atoms with Gasteiger partial charge in [-0.1, -0.05) is 0 Å². The second kappa shape index (κ2) is 7.20. The average molecular weight is 369 g/mol. The molecule has 0 bridgehead atoms. The van der Waals surface area contributed by atoms with E-state index in [-0.39, 0.29) is 18.3 Å². The van der Waals surface area contributed by atoms with E-state index in [2.05, 4.69) is 26.2 Å². The smallest absolute Gasteiger partial charge is 0.271 e. The van der Waals surface area contributed by atoms with Crippen LogP contribution in [-0.4, -0.2) is 24.0 Å². The molecular formula is C10H11BrClN3OS2. The summed E-state index contributed by atoms with van der Waals surface area (Å²) in [5.41, 5.74) is 7.50. The molecule has 0 aliphatic rings. The summed E-state index contributed by atoms with van der Waals surface area (Å²) in [4.78, 5) is 17.9. The fourth-order valence-corrected chi connectivity index (χ4v) is 3.59. The highest BCUT2D eigenvalue weighted by molar-refractivity contribution is 9.11. The number of amides is 1. The first-order chi connectivity index (χ1) is 8.22. The van der Waals surface area contributed by atoms with Crippen molar-refractivity contribution < 1.29 is 4.79 Å². The summed E-state index contributed by atoms with van der Waals surface area (Å²) in [5, 5.41) is 2.72. The molecule has 1 amide bonds. The standard InChI is InChI=1S/C10H10BrN3OS2.ClH/c11-7-2-1-6(17-7)9-8(14-5-16-9)10(15)13-4-3-12;/h1-2,5H,3-4,12H2,(H,13,15);1H. The maximum absolute atomic E-state index is 11.8. The molecule has 0 saturated carbocycles. The molecule has 0 aromatic carbocycles. The van der Waals surface area contributed by atoms with Crippen LogP contribution < -0.4 is 11.1 Å². The molecule has 0 spiro atoms. The zero-order valence-electron chi connectivity index (χ0n) is 9.18. The Hall–Kier alpha value is -0.470. The van der Waals surface area contributed by atoms with Crippen molar-refractivity contribution in [1.82, 2.24) is 10.3 Å². The molecule has 0 unspecified atom stereocenters. The number of nitrogens with one attached hydrogen (secondary N) is 1. The van der Waals surface area contributed by atoms with Crippen LogP contribution in [0.2, 0.25) is 0 Å². The van der Waals surface area contributed by atoms with Gasteiger partial charge in [0.05, 0.1) is 14.2 Å². The first-order valence-corrected chi connectivity index (χ1v) is 7.38.